The highest BCUT2D eigenvalue weighted by atomic mass is 16.3. The second-order valence-electron chi connectivity index (χ2n) is 17.6. The van der Waals surface area contributed by atoms with Gasteiger partial charge in [-0.15, -0.1) is 0 Å². The summed E-state index contributed by atoms with van der Waals surface area (Å²) in [5.41, 5.74) is 0. The number of aliphatic hydroxyl groups excluding tert-OH is 2. The largest absolute Gasteiger partial charge is 0.394 e. The van der Waals surface area contributed by atoms with Crippen LogP contribution < -0.4 is 5.32 Å². The zero-order valence-electron chi connectivity index (χ0n) is 37.3. The van der Waals surface area contributed by atoms with Gasteiger partial charge < -0.3 is 15.5 Å². The van der Waals surface area contributed by atoms with Crippen LogP contribution in [0.25, 0.3) is 0 Å². The zero-order valence-corrected chi connectivity index (χ0v) is 37.3. The van der Waals surface area contributed by atoms with Gasteiger partial charge in [0.25, 0.3) is 0 Å². The molecule has 0 aromatic rings. The van der Waals surface area contributed by atoms with E-state index in [0.717, 1.165) is 25.7 Å². The number of nitrogens with one attached hydrogen (secondary N) is 1. The van der Waals surface area contributed by atoms with E-state index >= 15 is 0 Å². The molecule has 0 aliphatic rings. The highest BCUT2D eigenvalue weighted by Gasteiger charge is 2.20. The van der Waals surface area contributed by atoms with Crippen LogP contribution in [0.4, 0.5) is 0 Å². The van der Waals surface area contributed by atoms with Crippen molar-refractivity contribution in [3.8, 4) is 0 Å². The first-order valence-electron chi connectivity index (χ1n) is 25.2. The molecule has 0 aliphatic heterocycles. The fourth-order valence-corrected chi connectivity index (χ4v) is 8.25. The number of hydrogen-bond donors (Lipinski definition) is 3. The van der Waals surface area contributed by atoms with E-state index < -0.39 is 12.1 Å². The smallest absolute Gasteiger partial charge is 0.220 e. The average molecular weight is 764 g/mol. The van der Waals surface area contributed by atoms with Gasteiger partial charge in [-0.25, -0.2) is 0 Å². The maximum atomic E-state index is 12.3. The zero-order chi connectivity index (χ0) is 39.3. The molecular formula is C50H101NO3. The minimum Gasteiger partial charge on any atom is -0.394 e. The number of carbonyl (C=O) groups is 1. The van der Waals surface area contributed by atoms with Crippen LogP contribution in [0.2, 0.25) is 0 Å². The van der Waals surface area contributed by atoms with Crippen molar-refractivity contribution in [2.75, 3.05) is 6.61 Å². The van der Waals surface area contributed by atoms with Gasteiger partial charge in [0.2, 0.25) is 5.91 Å². The molecule has 0 saturated heterocycles. The minimum absolute atomic E-state index is 0.0290. The number of carbonyl (C=O) groups excluding carboxylic acids is 1. The summed E-state index contributed by atoms with van der Waals surface area (Å²) in [7, 11) is 0. The van der Waals surface area contributed by atoms with Gasteiger partial charge in [0.15, 0.2) is 0 Å². The third kappa shape index (κ3) is 42.5. The standard InChI is InChI=1S/C50H101NO3/c1-3-5-7-9-11-13-15-16-17-18-19-20-21-22-23-24-25-26-27-28-29-30-31-32-33-34-35-36-37-39-41-43-45-49(53)48(47-52)51-50(54)46-44-42-40-38-14-12-10-8-6-4-2/h48-49,52-53H,3-47H2,1-2H3,(H,51,54). The third-order valence-electron chi connectivity index (χ3n) is 12.1. The van der Waals surface area contributed by atoms with E-state index in [-0.39, 0.29) is 12.5 Å². The maximum absolute atomic E-state index is 12.3. The maximum Gasteiger partial charge on any atom is 0.220 e. The lowest BCUT2D eigenvalue weighted by Gasteiger charge is -2.22. The van der Waals surface area contributed by atoms with Gasteiger partial charge in [0.1, 0.15) is 0 Å². The van der Waals surface area contributed by atoms with E-state index in [9.17, 15) is 15.0 Å². The number of rotatable bonds is 47. The normalized spacial score (nSPS) is 12.7. The Balaban J connectivity index is 3.33. The molecule has 0 radical (unpaired) electrons. The van der Waals surface area contributed by atoms with E-state index in [1.807, 2.05) is 0 Å². The lowest BCUT2D eigenvalue weighted by molar-refractivity contribution is -0.123. The van der Waals surface area contributed by atoms with Crippen LogP contribution in [0.3, 0.4) is 0 Å². The molecule has 3 N–H and O–H groups in total. The van der Waals surface area contributed by atoms with Crippen LogP contribution in [0.1, 0.15) is 296 Å². The molecule has 0 aromatic carbocycles. The molecule has 324 valence electrons. The summed E-state index contributed by atoms with van der Waals surface area (Å²) in [5.74, 6) is -0.0290. The Morgan fingerprint density at radius 2 is 0.593 bits per heavy atom. The Morgan fingerprint density at radius 3 is 0.833 bits per heavy atom. The molecule has 0 saturated carbocycles. The molecule has 0 aromatic heterocycles. The molecule has 2 unspecified atom stereocenters. The predicted octanol–water partition coefficient (Wildman–Crippen LogP) is 16.0. The van der Waals surface area contributed by atoms with Gasteiger partial charge in [0, 0.05) is 6.42 Å². The molecule has 0 heterocycles. The summed E-state index contributed by atoms with van der Waals surface area (Å²) in [5, 5.41) is 23.2. The van der Waals surface area contributed by atoms with E-state index in [4.69, 9.17) is 0 Å². The van der Waals surface area contributed by atoms with Crippen LogP contribution in [-0.4, -0.2) is 34.9 Å². The van der Waals surface area contributed by atoms with E-state index in [0.29, 0.717) is 12.8 Å². The SMILES string of the molecule is CCCCCCCCCCCCCCCCCCCCCCCCCCCCCCCCCCC(O)C(CO)NC(=O)CCCCCCCCCCCC. The van der Waals surface area contributed by atoms with Gasteiger partial charge >= 0.3 is 0 Å². The molecule has 4 heteroatoms. The van der Waals surface area contributed by atoms with Crippen molar-refractivity contribution in [2.45, 2.75) is 309 Å². The Hall–Kier alpha value is -0.610. The van der Waals surface area contributed by atoms with Gasteiger partial charge in [-0.3, -0.25) is 4.79 Å². The molecule has 0 bridgehead atoms. The number of aliphatic hydroxyl groups is 2. The monoisotopic (exact) mass is 764 g/mol. The summed E-state index contributed by atoms with van der Waals surface area (Å²) < 4.78 is 0. The van der Waals surface area contributed by atoms with Gasteiger partial charge in [-0.05, 0) is 12.8 Å². The fraction of sp³-hybridized carbons (Fsp3) is 0.980. The predicted molar refractivity (Wildman–Crippen MR) is 240 cm³/mol. The molecule has 54 heavy (non-hydrogen) atoms. The molecule has 0 aliphatic carbocycles. The lowest BCUT2D eigenvalue weighted by atomic mass is 10.0. The Morgan fingerprint density at radius 1 is 0.370 bits per heavy atom. The summed E-state index contributed by atoms with van der Waals surface area (Å²) >= 11 is 0. The number of unbranched alkanes of at least 4 members (excludes halogenated alkanes) is 40. The van der Waals surface area contributed by atoms with Crippen molar-refractivity contribution >= 4 is 5.91 Å². The van der Waals surface area contributed by atoms with Gasteiger partial charge in [-0.1, -0.05) is 277 Å². The Labute approximate surface area is 340 Å². The number of amides is 1. The summed E-state index contributed by atoms with van der Waals surface area (Å²) in [6.45, 7) is 4.37. The molecule has 1 amide bonds. The Bertz CT molecular complexity index is 699. The van der Waals surface area contributed by atoms with E-state index in [1.165, 1.54) is 244 Å². The third-order valence-corrected chi connectivity index (χ3v) is 12.1. The molecule has 4 nitrogen and oxygen atoms in total. The molecule has 0 rings (SSSR count). The van der Waals surface area contributed by atoms with E-state index in [1.54, 1.807) is 0 Å². The second-order valence-corrected chi connectivity index (χ2v) is 17.6. The van der Waals surface area contributed by atoms with Gasteiger partial charge in [0.05, 0.1) is 18.8 Å². The summed E-state index contributed by atoms with van der Waals surface area (Å²) in [6, 6.07) is -0.529. The van der Waals surface area contributed by atoms with Crippen LogP contribution in [0, 0.1) is 0 Å². The van der Waals surface area contributed by atoms with Crippen molar-refractivity contribution < 1.29 is 15.0 Å². The van der Waals surface area contributed by atoms with Crippen LogP contribution in [0.15, 0.2) is 0 Å². The molecular weight excluding hydrogens is 663 g/mol. The van der Waals surface area contributed by atoms with Crippen molar-refractivity contribution in [1.29, 1.82) is 0 Å². The molecule has 2 atom stereocenters. The topological polar surface area (TPSA) is 69.6 Å². The Kier molecular flexibility index (Phi) is 46.2. The van der Waals surface area contributed by atoms with Crippen molar-refractivity contribution in [1.82, 2.24) is 5.32 Å². The molecule has 0 spiro atoms. The molecule has 0 fully saturated rings. The first-order chi connectivity index (χ1) is 26.7. The van der Waals surface area contributed by atoms with Crippen molar-refractivity contribution in [2.24, 2.45) is 0 Å². The highest BCUT2D eigenvalue weighted by Crippen LogP contribution is 2.18. The first kappa shape index (κ1) is 53.4. The highest BCUT2D eigenvalue weighted by molar-refractivity contribution is 5.76. The van der Waals surface area contributed by atoms with Crippen LogP contribution in [0.5, 0.6) is 0 Å². The summed E-state index contributed by atoms with van der Waals surface area (Å²) in [6.07, 6.45) is 58.0. The second kappa shape index (κ2) is 46.8. The average Bonchev–Trinajstić information content (AvgIpc) is 3.18. The van der Waals surface area contributed by atoms with Crippen molar-refractivity contribution in [3.05, 3.63) is 0 Å². The van der Waals surface area contributed by atoms with Crippen LogP contribution >= 0.6 is 0 Å². The fourth-order valence-electron chi connectivity index (χ4n) is 8.25. The number of hydrogen-bond acceptors (Lipinski definition) is 3. The van der Waals surface area contributed by atoms with Gasteiger partial charge in [-0.2, -0.15) is 0 Å². The minimum atomic E-state index is -0.653. The summed E-state index contributed by atoms with van der Waals surface area (Å²) in [4.78, 5) is 12.3. The first-order valence-corrected chi connectivity index (χ1v) is 25.2. The van der Waals surface area contributed by atoms with Crippen LogP contribution in [-0.2, 0) is 4.79 Å². The van der Waals surface area contributed by atoms with E-state index in [2.05, 4.69) is 19.2 Å². The van der Waals surface area contributed by atoms with Crippen molar-refractivity contribution in [3.63, 3.8) is 0 Å². The lowest BCUT2D eigenvalue weighted by Crippen LogP contribution is -2.45. The quantitative estimate of drug-likeness (QED) is 0.0541.